The third kappa shape index (κ3) is 2.17. The van der Waals surface area contributed by atoms with E-state index >= 15 is 0 Å². The van der Waals surface area contributed by atoms with Gasteiger partial charge in [-0.2, -0.15) is 4.98 Å². The molecule has 0 saturated heterocycles. The molecule has 0 saturated carbocycles. The molecule has 0 spiro atoms. The van der Waals surface area contributed by atoms with Crippen LogP contribution in [0.25, 0.3) is 10.9 Å². The number of rotatable bonds is 2. The Hall–Kier alpha value is -1.42. The summed E-state index contributed by atoms with van der Waals surface area (Å²) in [6, 6.07) is 3.15. The zero-order chi connectivity index (χ0) is 12.6. The van der Waals surface area contributed by atoms with Crippen molar-refractivity contribution in [1.29, 1.82) is 0 Å². The summed E-state index contributed by atoms with van der Waals surface area (Å²) in [6.07, 6.45) is 0. The fourth-order valence-corrected chi connectivity index (χ4v) is 1.83. The molecular weight excluding hydrogens is 241 g/mol. The molecule has 5 heteroatoms. The van der Waals surface area contributed by atoms with Gasteiger partial charge in [0.05, 0.1) is 5.52 Å². The monoisotopic (exact) mass is 253 g/mol. The number of anilines is 1. The minimum Gasteiger partial charge on any atom is -0.359 e. The zero-order valence-corrected chi connectivity index (χ0v) is 10.7. The third-order valence-electron chi connectivity index (χ3n) is 2.76. The van der Waals surface area contributed by atoms with Crippen molar-refractivity contribution in [2.45, 2.75) is 13.8 Å². The minimum absolute atomic E-state index is 0.135. The second-order valence-electron chi connectivity index (χ2n) is 3.95. The Morgan fingerprint density at radius 1 is 1.35 bits per heavy atom. The number of aromatic nitrogens is 2. The highest BCUT2D eigenvalue weighted by Crippen LogP contribution is 2.26. The number of aryl methyl sites for hydroxylation is 1. The van der Waals surface area contributed by atoms with Crippen molar-refractivity contribution in [1.82, 2.24) is 9.97 Å². The van der Waals surface area contributed by atoms with Gasteiger partial charge in [-0.05, 0) is 37.1 Å². The summed E-state index contributed by atoms with van der Waals surface area (Å²) in [5.74, 6) is 0.447. The second kappa shape index (κ2) is 4.45. The van der Waals surface area contributed by atoms with Crippen LogP contribution in [0.2, 0.25) is 5.28 Å². The van der Waals surface area contributed by atoms with E-state index in [4.69, 9.17) is 11.6 Å². The third-order valence-corrected chi connectivity index (χ3v) is 2.93. The van der Waals surface area contributed by atoms with Gasteiger partial charge in [0.25, 0.3) is 0 Å². The number of nitrogens with zero attached hydrogens (tertiary/aromatic N) is 3. The van der Waals surface area contributed by atoms with Gasteiger partial charge in [-0.25, -0.2) is 9.37 Å². The van der Waals surface area contributed by atoms with Crippen molar-refractivity contribution in [2.75, 3.05) is 18.5 Å². The minimum atomic E-state index is -0.280. The lowest BCUT2D eigenvalue weighted by Crippen LogP contribution is -2.18. The predicted molar refractivity (Wildman–Crippen MR) is 68.2 cm³/mol. The first-order valence-corrected chi connectivity index (χ1v) is 5.75. The Morgan fingerprint density at radius 3 is 2.71 bits per heavy atom. The van der Waals surface area contributed by atoms with E-state index in [0.29, 0.717) is 11.1 Å². The molecule has 0 amide bonds. The number of benzene rings is 1. The number of halogens is 2. The second-order valence-corrected chi connectivity index (χ2v) is 4.29. The highest BCUT2D eigenvalue weighted by Gasteiger charge is 2.12. The standard InChI is InChI=1S/C12H13ClFN3/c1-4-17(3)11-8-5-7(2)9(14)6-10(8)15-12(13)16-11/h5-6H,4H2,1-3H3. The SMILES string of the molecule is CCN(C)c1nc(Cl)nc2cc(F)c(C)cc12. The molecule has 2 aromatic rings. The molecule has 1 aromatic heterocycles. The average molecular weight is 254 g/mol. The molecule has 0 unspecified atom stereocenters. The Kier molecular flexibility index (Phi) is 3.15. The van der Waals surface area contributed by atoms with Crippen LogP contribution >= 0.6 is 11.6 Å². The van der Waals surface area contributed by atoms with E-state index in [2.05, 4.69) is 9.97 Å². The van der Waals surface area contributed by atoms with Crippen molar-refractivity contribution in [3.05, 3.63) is 28.8 Å². The quantitative estimate of drug-likeness (QED) is 0.770. The average Bonchev–Trinajstić information content (AvgIpc) is 2.29. The summed E-state index contributed by atoms with van der Waals surface area (Å²) < 4.78 is 13.5. The molecule has 0 aliphatic carbocycles. The van der Waals surface area contributed by atoms with Crippen molar-refractivity contribution in [3.8, 4) is 0 Å². The molecule has 17 heavy (non-hydrogen) atoms. The van der Waals surface area contributed by atoms with Crippen molar-refractivity contribution in [2.24, 2.45) is 0 Å². The number of hydrogen-bond acceptors (Lipinski definition) is 3. The Morgan fingerprint density at radius 2 is 2.06 bits per heavy atom. The summed E-state index contributed by atoms with van der Waals surface area (Å²) in [7, 11) is 1.91. The van der Waals surface area contributed by atoms with Gasteiger partial charge < -0.3 is 4.90 Å². The molecule has 0 aliphatic rings. The molecule has 2 rings (SSSR count). The molecule has 90 valence electrons. The van der Waals surface area contributed by atoms with Crippen molar-refractivity contribution in [3.63, 3.8) is 0 Å². The predicted octanol–water partition coefficient (Wildman–Crippen LogP) is 3.19. The van der Waals surface area contributed by atoms with Crippen LogP contribution in [-0.4, -0.2) is 23.6 Å². The molecular formula is C12H13ClFN3. The first kappa shape index (κ1) is 12.0. The van der Waals surface area contributed by atoms with E-state index < -0.39 is 0 Å². The molecule has 1 aromatic carbocycles. The van der Waals surface area contributed by atoms with Gasteiger partial charge >= 0.3 is 0 Å². The van der Waals surface area contributed by atoms with Gasteiger partial charge in [0.2, 0.25) is 5.28 Å². The summed E-state index contributed by atoms with van der Waals surface area (Å²) in [6.45, 7) is 4.52. The van der Waals surface area contributed by atoms with Crippen LogP contribution in [0, 0.1) is 12.7 Å². The highest BCUT2D eigenvalue weighted by molar-refractivity contribution is 6.28. The van der Waals surface area contributed by atoms with Crippen LogP contribution in [0.1, 0.15) is 12.5 Å². The van der Waals surface area contributed by atoms with Gasteiger partial charge in [0.15, 0.2) is 0 Å². The number of hydrogen-bond donors (Lipinski definition) is 0. The van der Waals surface area contributed by atoms with Crippen LogP contribution in [0.3, 0.4) is 0 Å². The normalized spacial score (nSPS) is 10.9. The van der Waals surface area contributed by atoms with E-state index in [-0.39, 0.29) is 11.1 Å². The molecule has 0 fully saturated rings. The van der Waals surface area contributed by atoms with Gasteiger partial charge in [-0.1, -0.05) is 0 Å². The lowest BCUT2D eigenvalue weighted by molar-refractivity contribution is 0.620. The van der Waals surface area contributed by atoms with Crippen LogP contribution in [0.5, 0.6) is 0 Å². The molecule has 1 heterocycles. The molecule has 0 bridgehead atoms. The fraction of sp³-hybridized carbons (Fsp3) is 0.333. The molecule has 0 aliphatic heterocycles. The maximum absolute atomic E-state index is 13.5. The van der Waals surface area contributed by atoms with Gasteiger partial charge in [-0.15, -0.1) is 0 Å². The largest absolute Gasteiger partial charge is 0.359 e. The van der Waals surface area contributed by atoms with Gasteiger partial charge in [0, 0.05) is 25.0 Å². The topological polar surface area (TPSA) is 29.0 Å². The molecule has 0 N–H and O–H groups in total. The highest BCUT2D eigenvalue weighted by atomic mass is 35.5. The molecule has 0 atom stereocenters. The van der Waals surface area contributed by atoms with Crippen molar-refractivity contribution < 1.29 is 4.39 Å². The summed E-state index contributed by atoms with van der Waals surface area (Å²) in [5.41, 5.74) is 1.11. The Balaban J connectivity index is 2.78. The smallest absolute Gasteiger partial charge is 0.224 e. The first-order valence-electron chi connectivity index (χ1n) is 5.37. The maximum atomic E-state index is 13.5. The van der Waals surface area contributed by atoms with E-state index in [1.165, 1.54) is 6.07 Å². The summed E-state index contributed by atoms with van der Waals surface area (Å²) in [5, 5.41) is 0.953. The van der Waals surface area contributed by atoms with E-state index in [9.17, 15) is 4.39 Å². The Labute approximate surface area is 104 Å². The summed E-state index contributed by atoms with van der Waals surface area (Å²) >= 11 is 5.85. The van der Waals surface area contributed by atoms with Crippen LogP contribution in [0.15, 0.2) is 12.1 Å². The maximum Gasteiger partial charge on any atom is 0.224 e. The fourth-order valence-electron chi connectivity index (χ4n) is 1.66. The molecule has 3 nitrogen and oxygen atoms in total. The number of fused-ring (bicyclic) bond motifs is 1. The lowest BCUT2D eigenvalue weighted by Gasteiger charge is -2.18. The lowest BCUT2D eigenvalue weighted by atomic mass is 10.1. The van der Waals surface area contributed by atoms with Gasteiger partial charge in [0.1, 0.15) is 11.6 Å². The van der Waals surface area contributed by atoms with E-state index in [1.54, 1.807) is 13.0 Å². The first-order chi connectivity index (χ1) is 8.02. The molecule has 0 radical (unpaired) electrons. The van der Waals surface area contributed by atoms with Crippen LogP contribution in [-0.2, 0) is 0 Å². The zero-order valence-electron chi connectivity index (χ0n) is 9.96. The van der Waals surface area contributed by atoms with Crippen LogP contribution < -0.4 is 4.90 Å². The van der Waals surface area contributed by atoms with Gasteiger partial charge in [-0.3, -0.25) is 0 Å². The van der Waals surface area contributed by atoms with Crippen molar-refractivity contribution >= 4 is 28.3 Å². The van der Waals surface area contributed by atoms with E-state index in [0.717, 1.165) is 17.7 Å². The van der Waals surface area contributed by atoms with E-state index in [1.807, 2.05) is 18.9 Å². The Bertz CT molecular complexity index is 571. The van der Waals surface area contributed by atoms with Crippen LogP contribution in [0.4, 0.5) is 10.2 Å². The summed E-state index contributed by atoms with van der Waals surface area (Å²) in [4.78, 5) is 10.2.